The molecule has 0 aromatic heterocycles. The molecule has 0 aliphatic heterocycles. The summed E-state index contributed by atoms with van der Waals surface area (Å²) in [5, 5.41) is 6.57. The summed E-state index contributed by atoms with van der Waals surface area (Å²) in [7, 11) is 1.65. The van der Waals surface area contributed by atoms with Gasteiger partial charge in [-0.1, -0.05) is 0 Å². The predicted octanol–water partition coefficient (Wildman–Crippen LogP) is 3.61. The van der Waals surface area contributed by atoms with Gasteiger partial charge in [-0.25, -0.2) is 0 Å². The lowest BCUT2D eigenvalue weighted by molar-refractivity contribution is 0.311. The van der Waals surface area contributed by atoms with Crippen molar-refractivity contribution >= 4 is 23.4 Å². The average Bonchev–Trinajstić information content (AvgIpc) is 2.56. The second-order valence-corrected chi connectivity index (χ2v) is 5.87. The van der Waals surface area contributed by atoms with Crippen molar-refractivity contribution in [1.82, 2.24) is 5.32 Å². The van der Waals surface area contributed by atoms with Crippen LogP contribution in [0.5, 0.6) is 11.5 Å². The summed E-state index contributed by atoms with van der Waals surface area (Å²) in [5.41, 5.74) is 0.925. The van der Waals surface area contributed by atoms with Crippen molar-refractivity contribution in [3.63, 3.8) is 0 Å². The van der Waals surface area contributed by atoms with Gasteiger partial charge in [0.2, 0.25) is 0 Å². The Balaban J connectivity index is 2.69. The van der Waals surface area contributed by atoms with E-state index in [2.05, 4.69) is 28.8 Å². The van der Waals surface area contributed by atoms with Crippen molar-refractivity contribution in [2.24, 2.45) is 4.99 Å². The first-order chi connectivity index (χ1) is 11.2. The van der Waals surface area contributed by atoms with Crippen LogP contribution in [0.1, 0.15) is 26.7 Å². The molecule has 0 saturated carbocycles. The smallest absolute Gasteiger partial charge is 0.195 e. The van der Waals surface area contributed by atoms with E-state index in [4.69, 9.17) is 9.47 Å². The number of thioether (sulfide) groups is 1. The summed E-state index contributed by atoms with van der Waals surface area (Å²) in [6, 6.07) is 5.80. The molecule has 0 unspecified atom stereocenters. The molecule has 6 heteroatoms. The van der Waals surface area contributed by atoms with E-state index in [1.165, 1.54) is 12.2 Å². The molecule has 0 aliphatic carbocycles. The lowest BCUT2D eigenvalue weighted by atomic mass is 10.2. The van der Waals surface area contributed by atoms with E-state index < -0.39 is 0 Å². The highest BCUT2D eigenvalue weighted by Gasteiger charge is 2.06. The van der Waals surface area contributed by atoms with Crippen molar-refractivity contribution in [3.05, 3.63) is 18.2 Å². The highest BCUT2D eigenvalue weighted by Crippen LogP contribution is 2.30. The van der Waals surface area contributed by atoms with Gasteiger partial charge in [-0.05, 0) is 50.8 Å². The number of guanidine groups is 1. The summed E-state index contributed by atoms with van der Waals surface area (Å²) < 4.78 is 10.9. The molecule has 1 aromatic carbocycles. The molecule has 1 rings (SSSR count). The highest BCUT2D eigenvalue weighted by molar-refractivity contribution is 7.98. The molecule has 0 spiro atoms. The Hall–Kier alpha value is -1.56. The van der Waals surface area contributed by atoms with Crippen LogP contribution in [0.4, 0.5) is 5.69 Å². The Bertz CT molecular complexity index is 481. The van der Waals surface area contributed by atoms with Crippen LogP contribution in [0.15, 0.2) is 23.2 Å². The van der Waals surface area contributed by atoms with Crippen LogP contribution < -0.4 is 20.1 Å². The molecule has 1 aromatic rings. The lowest BCUT2D eigenvalue weighted by Crippen LogP contribution is -2.30. The average molecular weight is 340 g/mol. The third-order valence-corrected chi connectivity index (χ3v) is 3.79. The van der Waals surface area contributed by atoms with Crippen molar-refractivity contribution < 1.29 is 9.47 Å². The van der Waals surface area contributed by atoms with Gasteiger partial charge >= 0.3 is 0 Å². The zero-order valence-electron chi connectivity index (χ0n) is 14.6. The third kappa shape index (κ3) is 7.50. The monoisotopic (exact) mass is 339 g/mol. The molecule has 0 atom stereocenters. The Morgan fingerprint density at radius 3 is 2.70 bits per heavy atom. The summed E-state index contributed by atoms with van der Waals surface area (Å²) >= 11 is 1.88. The minimum atomic E-state index is 0.614. The number of nitrogens with one attached hydrogen (secondary N) is 2. The maximum absolute atomic E-state index is 5.54. The Kier molecular flexibility index (Phi) is 10.1. The molecule has 130 valence electrons. The van der Waals surface area contributed by atoms with E-state index in [1.54, 1.807) is 7.11 Å². The zero-order valence-corrected chi connectivity index (χ0v) is 15.5. The zero-order chi connectivity index (χ0) is 16.9. The van der Waals surface area contributed by atoms with E-state index in [0.29, 0.717) is 12.4 Å². The van der Waals surface area contributed by atoms with Gasteiger partial charge in [0.05, 0.1) is 13.7 Å². The van der Waals surface area contributed by atoms with Gasteiger partial charge in [-0.2, -0.15) is 11.8 Å². The number of unbranched alkanes of at least 4 members (excludes halogenated alkanes) is 1. The van der Waals surface area contributed by atoms with Gasteiger partial charge in [0.15, 0.2) is 17.5 Å². The second kappa shape index (κ2) is 11.9. The largest absolute Gasteiger partial charge is 0.493 e. The SMILES string of the molecule is CCNC(=NCCCCSC)Nc1ccc(OCC)c(OC)c1. The number of hydrogen-bond acceptors (Lipinski definition) is 4. The molecule has 2 N–H and O–H groups in total. The molecule has 0 saturated heterocycles. The van der Waals surface area contributed by atoms with Gasteiger partial charge in [-0.3, -0.25) is 4.99 Å². The number of ether oxygens (including phenoxy) is 2. The quantitative estimate of drug-likeness (QED) is 0.387. The summed E-state index contributed by atoms with van der Waals surface area (Å²) in [4.78, 5) is 4.61. The van der Waals surface area contributed by atoms with Crippen LogP contribution in [0.25, 0.3) is 0 Å². The van der Waals surface area contributed by atoms with Crippen molar-refractivity contribution in [3.8, 4) is 11.5 Å². The Morgan fingerprint density at radius 2 is 2.04 bits per heavy atom. The first-order valence-corrected chi connectivity index (χ1v) is 9.49. The van der Waals surface area contributed by atoms with Crippen LogP contribution in [-0.2, 0) is 0 Å². The predicted molar refractivity (Wildman–Crippen MR) is 101 cm³/mol. The van der Waals surface area contributed by atoms with E-state index >= 15 is 0 Å². The van der Waals surface area contributed by atoms with E-state index in [9.17, 15) is 0 Å². The lowest BCUT2D eigenvalue weighted by Gasteiger charge is -2.14. The normalized spacial score (nSPS) is 11.2. The summed E-state index contributed by atoms with van der Waals surface area (Å²) in [5.74, 6) is 3.45. The van der Waals surface area contributed by atoms with Crippen molar-refractivity contribution in [2.45, 2.75) is 26.7 Å². The minimum absolute atomic E-state index is 0.614. The van der Waals surface area contributed by atoms with Gasteiger partial charge in [0, 0.05) is 24.8 Å². The number of hydrogen-bond donors (Lipinski definition) is 2. The fourth-order valence-corrected chi connectivity index (χ4v) is 2.51. The third-order valence-electron chi connectivity index (χ3n) is 3.10. The maximum atomic E-state index is 5.54. The number of anilines is 1. The molecule has 23 heavy (non-hydrogen) atoms. The first-order valence-electron chi connectivity index (χ1n) is 8.10. The molecule has 0 fully saturated rings. The number of aliphatic imine (C=N–C) groups is 1. The van der Waals surface area contributed by atoms with Gasteiger partial charge in [0.25, 0.3) is 0 Å². The first kappa shape index (κ1) is 19.5. The number of nitrogens with zero attached hydrogens (tertiary/aromatic N) is 1. The Labute approximate surface area is 144 Å². The van der Waals surface area contributed by atoms with Crippen LogP contribution >= 0.6 is 11.8 Å². The molecule has 0 amide bonds. The van der Waals surface area contributed by atoms with Crippen LogP contribution in [0.3, 0.4) is 0 Å². The molecule has 0 radical (unpaired) electrons. The summed E-state index contributed by atoms with van der Waals surface area (Å²) in [6.07, 6.45) is 4.43. The van der Waals surface area contributed by atoms with Crippen molar-refractivity contribution in [1.29, 1.82) is 0 Å². The van der Waals surface area contributed by atoms with E-state index in [-0.39, 0.29) is 0 Å². The fraction of sp³-hybridized carbons (Fsp3) is 0.588. The standard InChI is InChI=1S/C17H29N3O2S/c1-5-18-17(19-11-7-8-12-23-4)20-14-9-10-15(22-6-2)16(13-14)21-3/h9-10,13H,5-8,11-12H2,1-4H3,(H2,18,19,20). The molecule has 0 bridgehead atoms. The fourth-order valence-electron chi connectivity index (χ4n) is 2.01. The van der Waals surface area contributed by atoms with Crippen molar-refractivity contribution in [2.75, 3.05) is 44.1 Å². The van der Waals surface area contributed by atoms with Crippen LogP contribution in [0.2, 0.25) is 0 Å². The van der Waals surface area contributed by atoms with Gasteiger partial charge in [-0.15, -0.1) is 0 Å². The second-order valence-electron chi connectivity index (χ2n) is 4.88. The number of rotatable bonds is 10. The minimum Gasteiger partial charge on any atom is -0.493 e. The Morgan fingerprint density at radius 1 is 1.22 bits per heavy atom. The summed E-state index contributed by atoms with van der Waals surface area (Å²) in [6.45, 7) is 6.28. The van der Waals surface area contributed by atoms with E-state index in [1.807, 2.05) is 36.9 Å². The number of methoxy groups -OCH3 is 1. The molecular formula is C17H29N3O2S. The molecule has 5 nitrogen and oxygen atoms in total. The molecule has 0 aliphatic rings. The van der Waals surface area contributed by atoms with Gasteiger partial charge < -0.3 is 20.1 Å². The van der Waals surface area contributed by atoms with Gasteiger partial charge in [0.1, 0.15) is 0 Å². The van der Waals surface area contributed by atoms with Crippen LogP contribution in [-0.4, -0.2) is 44.8 Å². The van der Waals surface area contributed by atoms with Crippen LogP contribution in [0, 0.1) is 0 Å². The maximum Gasteiger partial charge on any atom is 0.195 e. The molecule has 0 heterocycles. The topological polar surface area (TPSA) is 54.9 Å². The van der Waals surface area contributed by atoms with E-state index in [0.717, 1.165) is 36.9 Å². The molecular weight excluding hydrogens is 310 g/mol. The highest BCUT2D eigenvalue weighted by atomic mass is 32.2. The number of benzene rings is 1.